The molecule has 3 rings (SSSR count). The minimum absolute atomic E-state index is 0.387. The summed E-state index contributed by atoms with van der Waals surface area (Å²) in [5.74, 6) is 2.40. The van der Waals surface area contributed by atoms with Gasteiger partial charge in [-0.2, -0.15) is 0 Å². The number of benzene rings is 2. The van der Waals surface area contributed by atoms with Crippen LogP contribution in [0.4, 0.5) is 0 Å². The Kier molecular flexibility index (Phi) is 3.99. The molecule has 1 aromatic heterocycles. The summed E-state index contributed by atoms with van der Waals surface area (Å²) in [5, 5.41) is 2.31. The summed E-state index contributed by atoms with van der Waals surface area (Å²) in [6.45, 7) is 2.78. The van der Waals surface area contributed by atoms with Gasteiger partial charge in [0.2, 0.25) is 0 Å². The molecule has 0 spiro atoms. The quantitative estimate of drug-likeness (QED) is 0.754. The fourth-order valence-electron chi connectivity index (χ4n) is 2.34. The number of fused-ring (bicyclic) bond motifs is 1. The maximum atomic E-state index is 5.86. The summed E-state index contributed by atoms with van der Waals surface area (Å²) in [4.78, 5) is 0. The Labute approximate surface area is 131 Å². The first kappa shape index (κ1) is 14.2. The van der Waals surface area contributed by atoms with Crippen molar-refractivity contribution in [2.75, 3.05) is 0 Å². The first-order valence-electron chi connectivity index (χ1n) is 6.77. The van der Waals surface area contributed by atoms with Crippen LogP contribution >= 0.6 is 15.9 Å². The minimum atomic E-state index is 0.387. The summed E-state index contributed by atoms with van der Waals surface area (Å²) in [6, 6.07) is 14.2. The van der Waals surface area contributed by atoms with Crippen molar-refractivity contribution < 1.29 is 9.15 Å². The predicted molar refractivity (Wildman–Crippen MR) is 87.3 cm³/mol. The third-order valence-electron chi connectivity index (χ3n) is 3.45. The van der Waals surface area contributed by atoms with Gasteiger partial charge >= 0.3 is 0 Å². The van der Waals surface area contributed by atoms with Crippen LogP contribution in [0.1, 0.15) is 17.1 Å². The van der Waals surface area contributed by atoms with Gasteiger partial charge in [0.05, 0.1) is 11.0 Å². The summed E-state index contributed by atoms with van der Waals surface area (Å²) in [6.07, 6.45) is 0. The molecule has 2 N–H and O–H groups in total. The van der Waals surface area contributed by atoms with Crippen molar-refractivity contribution >= 4 is 26.7 Å². The second kappa shape index (κ2) is 5.92. The average Bonchev–Trinajstić information content (AvgIpc) is 2.87. The van der Waals surface area contributed by atoms with Gasteiger partial charge in [-0.3, -0.25) is 0 Å². The van der Waals surface area contributed by atoms with Crippen molar-refractivity contribution in [2.45, 2.75) is 20.1 Å². The zero-order chi connectivity index (χ0) is 14.8. The first-order chi connectivity index (χ1) is 10.2. The van der Waals surface area contributed by atoms with Crippen molar-refractivity contribution in [1.29, 1.82) is 0 Å². The van der Waals surface area contributed by atoms with E-state index in [2.05, 4.69) is 28.1 Å². The van der Waals surface area contributed by atoms with Crippen LogP contribution in [-0.4, -0.2) is 0 Å². The molecule has 0 saturated carbocycles. The van der Waals surface area contributed by atoms with Crippen molar-refractivity contribution in [2.24, 2.45) is 5.73 Å². The van der Waals surface area contributed by atoms with E-state index in [0.29, 0.717) is 13.2 Å². The van der Waals surface area contributed by atoms with Gasteiger partial charge in [0.15, 0.2) is 0 Å². The predicted octanol–water partition coefficient (Wildman–Crippen LogP) is 4.54. The molecule has 3 aromatic rings. The fraction of sp³-hybridized carbons (Fsp3) is 0.176. The SMILES string of the molecule is Cc1cc(COc2ccc3ccccc3c2Br)oc1CN. The van der Waals surface area contributed by atoms with Gasteiger partial charge in [-0.25, -0.2) is 0 Å². The zero-order valence-electron chi connectivity index (χ0n) is 11.7. The molecule has 108 valence electrons. The van der Waals surface area contributed by atoms with Crippen LogP contribution in [0.15, 0.2) is 51.4 Å². The molecule has 0 unspecified atom stereocenters. The molecule has 0 fully saturated rings. The molecule has 0 atom stereocenters. The van der Waals surface area contributed by atoms with E-state index < -0.39 is 0 Å². The Morgan fingerprint density at radius 3 is 2.76 bits per heavy atom. The van der Waals surface area contributed by atoms with Crippen molar-refractivity contribution in [3.05, 3.63) is 64.0 Å². The van der Waals surface area contributed by atoms with Crippen LogP contribution in [0.25, 0.3) is 10.8 Å². The Balaban J connectivity index is 1.83. The Hall–Kier alpha value is -1.78. The molecule has 0 aliphatic carbocycles. The highest BCUT2D eigenvalue weighted by molar-refractivity contribution is 9.10. The summed E-state index contributed by atoms with van der Waals surface area (Å²) in [7, 11) is 0. The highest BCUT2D eigenvalue weighted by Gasteiger charge is 2.09. The van der Waals surface area contributed by atoms with Crippen LogP contribution in [0.5, 0.6) is 5.75 Å². The molecule has 4 heteroatoms. The molecule has 0 saturated heterocycles. The Morgan fingerprint density at radius 2 is 2.00 bits per heavy atom. The lowest BCUT2D eigenvalue weighted by Gasteiger charge is -2.09. The van der Waals surface area contributed by atoms with Crippen molar-refractivity contribution in [3.8, 4) is 5.75 Å². The molecular formula is C17H16BrNO2. The lowest BCUT2D eigenvalue weighted by atomic mass is 10.1. The van der Waals surface area contributed by atoms with Gasteiger partial charge in [-0.05, 0) is 51.3 Å². The largest absolute Gasteiger partial charge is 0.484 e. The number of furan rings is 1. The molecule has 2 aromatic carbocycles. The van der Waals surface area contributed by atoms with Crippen LogP contribution in [0.2, 0.25) is 0 Å². The standard InChI is InChI=1S/C17H16BrNO2/c1-11-8-13(21-16(11)9-19)10-20-15-7-6-12-4-2-3-5-14(12)17(15)18/h2-8H,9-10,19H2,1H3. The van der Waals surface area contributed by atoms with Crippen molar-refractivity contribution in [3.63, 3.8) is 0 Å². The highest BCUT2D eigenvalue weighted by atomic mass is 79.9. The summed E-state index contributed by atoms with van der Waals surface area (Å²) in [5.41, 5.74) is 6.68. The Morgan fingerprint density at radius 1 is 1.19 bits per heavy atom. The smallest absolute Gasteiger partial charge is 0.146 e. The van der Waals surface area contributed by atoms with Crippen LogP contribution in [-0.2, 0) is 13.2 Å². The molecule has 1 heterocycles. The fourth-order valence-corrected chi connectivity index (χ4v) is 2.95. The van der Waals surface area contributed by atoms with E-state index in [0.717, 1.165) is 32.7 Å². The van der Waals surface area contributed by atoms with E-state index in [4.69, 9.17) is 14.9 Å². The summed E-state index contributed by atoms with van der Waals surface area (Å²) < 4.78 is 12.5. The van der Waals surface area contributed by atoms with E-state index >= 15 is 0 Å². The number of ether oxygens (including phenoxy) is 1. The molecule has 0 amide bonds. The number of halogens is 1. The van der Waals surface area contributed by atoms with Crippen LogP contribution < -0.4 is 10.5 Å². The normalized spacial score (nSPS) is 11.0. The minimum Gasteiger partial charge on any atom is -0.484 e. The molecule has 0 bridgehead atoms. The molecule has 0 aliphatic heterocycles. The van der Waals surface area contributed by atoms with Gasteiger partial charge < -0.3 is 14.9 Å². The van der Waals surface area contributed by atoms with E-state index in [-0.39, 0.29) is 0 Å². The molecule has 0 radical (unpaired) electrons. The van der Waals surface area contributed by atoms with Gasteiger partial charge in [0.25, 0.3) is 0 Å². The maximum absolute atomic E-state index is 5.86. The molecule has 21 heavy (non-hydrogen) atoms. The number of nitrogens with two attached hydrogens (primary N) is 1. The second-order valence-corrected chi connectivity index (χ2v) is 5.70. The van der Waals surface area contributed by atoms with E-state index in [1.165, 1.54) is 5.39 Å². The van der Waals surface area contributed by atoms with Crippen LogP contribution in [0, 0.1) is 6.92 Å². The Bertz CT molecular complexity index is 780. The van der Waals surface area contributed by atoms with E-state index in [1.54, 1.807) is 0 Å². The molecule has 0 aliphatic rings. The third-order valence-corrected chi connectivity index (χ3v) is 4.27. The number of rotatable bonds is 4. The van der Waals surface area contributed by atoms with Gasteiger partial charge in [-0.15, -0.1) is 0 Å². The second-order valence-electron chi connectivity index (χ2n) is 4.91. The summed E-state index contributed by atoms with van der Waals surface area (Å²) >= 11 is 3.61. The van der Waals surface area contributed by atoms with Gasteiger partial charge in [0.1, 0.15) is 23.9 Å². The average molecular weight is 346 g/mol. The number of aryl methyl sites for hydroxylation is 1. The molecule has 3 nitrogen and oxygen atoms in total. The molecular weight excluding hydrogens is 330 g/mol. The maximum Gasteiger partial charge on any atom is 0.146 e. The van der Waals surface area contributed by atoms with Gasteiger partial charge in [-0.1, -0.05) is 30.3 Å². The third kappa shape index (κ3) is 2.82. The van der Waals surface area contributed by atoms with E-state index in [1.807, 2.05) is 37.3 Å². The number of hydrogen-bond acceptors (Lipinski definition) is 3. The highest BCUT2D eigenvalue weighted by Crippen LogP contribution is 2.33. The van der Waals surface area contributed by atoms with E-state index in [9.17, 15) is 0 Å². The topological polar surface area (TPSA) is 48.4 Å². The number of hydrogen-bond donors (Lipinski definition) is 1. The zero-order valence-corrected chi connectivity index (χ0v) is 13.3. The van der Waals surface area contributed by atoms with Crippen LogP contribution in [0.3, 0.4) is 0 Å². The van der Waals surface area contributed by atoms with Crippen molar-refractivity contribution in [1.82, 2.24) is 0 Å². The lowest BCUT2D eigenvalue weighted by molar-refractivity contribution is 0.265. The van der Waals surface area contributed by atoms with Gasteiger partial charge in [0, 0.05) is 0 Å². The monoisotopic (exact) mass is 345 g/mol. The first-order valence-corrected chi connectivity index (χ1v) is 7.56. The lowest BCUT2D eigenvalue weighted by Crippen LogP contribution is -1.96.